The zero-order valence-corrected chi connectivity index (χ0v) is 26.0. The lowest BCUT2D eigenvalue weighted by Crippen LogP contribution is -2.54. The molecule has 224 valence electrons. The predicted molar refractivity (Wildman–Crippen MR) is 143 cm³/mol. The molecule has 0 spiro atoms. The molecule has 0 amide bonds. The molecule has 0 saturated carbocycles. The van der Waals surface area contributed by atoms with Crippen LogP contribution in [0.3, 0.4) is 0 Å². The summed E-state index contributed by atoms with van der Waals surface area (Å²) >= 11 is 0. The summed E-state index contributed by atoms with van der Waals surface area (Å²) in [5.74, 6) is -5.98. The van der Waals surface area contributed by atoms with Crippen LogP contribution in [-0.2, 0) is 14.4 Å². The van der Waals surface area contributed by atoms with Crippen LogP contribution in [0.1, 0.15) is 75.2 Å². The Bertz CT molecular complexity index is 532. The Morgan fingerprint density at radius 2 is 0.676 bits per heavy atom. The van der Waals surface area contributed by atoms with E-state index in [1.54, 1.807) is 0 Å². The van der Waals surface area contributed by atoms with Crippen molar-refractivity contribution in [3.8, 4) is 0 Å². The van der Waals surface area contributed by atoms with E-state index in [-0.39, 0.29) is 0 Å². The molecule has 0 aromatic heterocycles. The average molecular weight is 538 g/mol. The standard InChI is InChI=1S/3C7H18N.C6H8O7/c3*1-5-8(4,6-2)7-3;7-3(8)1-6(13,5(11)12)2-4(9)10/h3*5-7H2,1-4H3;13H,1-2H2,(H,7,8)(H,9,10)(H,11,12)/q3*+1;/p-3. The largest absolute Gasteiger partial charge is 0.550 e. The third kappa shape index (κ3) is 20.9. The molecule has 0 rings (SSSR count). The molecule has 0 aliphatic rings. The Kier molecular flexibility index (Phi) is 24.3. The summed E-state index contributed by atoms with van der Waals surface area (Å²) in [6.07, 6.45) is -2.72. The molecular weight excluding hydrogens is 478 g/mol. The first-order valence-corrected chi connectivity index (χ1v) is 13.7. The van der Waals surface area contributed by atoms with Gasteiger partial charge in [-0.05, 0) is 62.3 Å². The monoisotopic (exact) mass is 537 g/mol. The lowest BCUT2D eigenvalue weighted by atomic mass is 9.96. The van der Waals surface area contributed by atoms with Gasteiger partial charge in [-0.25, -0.2) is 0 Å². The van der Waals surface area contributed by atoms with E-state index < -0.39 is 36.4 Å². The number of carbonyl (C=O) groups is 3. The third-order valence-corrected chi connectivity index (χ3v) is 8.12. The van der Waals surface area contributed by atoms with Gasteiger partial charge in [0.2, 0.25) is 0 Å². The van der Waals surface area contributed by atoms with Crippen molar-refractivity contribution in [1.29, 1.82) is 0 Å². The Morgan fingerprint density at radius 1 is 0.514 bits per heavy atom. The van der Waals surface area contributed by atoms with E-state index in [4.69, 9.17) is 5.11 Å². The summed E-state index contributed by atoms with van der Waals surface area (Å²) in [4.78, 5) is 30.0. The minimum atomic E-state index is -2.97. The van der Waals surface area contributed by atoms with E-state index >= 15 is 0 Å². The third-order valence-electron chi connectivity index (χ3n) is 8.12. The van der Waals surface area contributed by atoms with Crippen LogP contribution in [0.2, 0.25) is 0 Å². The van der Waals surface area contributed by atoms with Gasteiger partial charge in [-0.3, -0.25) is 0 Å². The molecule has 0 aliphatic carbocycles. The van der Waals surface area contributed by atoms with Crippen molar-refractivity contribution in [2.75, 3.05) is 80.0 Å². The Labute approximate surface area is 227 Å². The average Bonchev–Trinajstić information content (AvgIpc) is 2.87. The maximum atomic E-state index is 10.1. The zero-order chi connectivity index (χ0) is 30.5. The molecule has 10 heteroatoms. The van der Waals surface area contributed by atoms with Crippen LogP contribution in [0.4, 0.5) is 0 Å². The molecule has 0 unspecified atom stereocenters. The minimum Gasteiger partial charge on any atom is -0.550 e. The van der Waals surface area contributed by atoms with E-state index in [1.165, 1.54) is 72.4 Å². The van der Waals surface area contributed by atoms with Gasteiger partial charge in [0, 0.05) is 24.8 Å². The quantitative estimate of drug-likeness (QED) is 0.287. The van der Waals surface area contributed by atoms with Crippen LogP contribution in [0.15, 0.2) is 0 Å². The Balaban J connectivity index is -0.000000202. The molecule has 0 heterocycles. The molecule has 0 bridgehead atoms. The van der Waals surface area contributed by atoms with Crippen LogP contribution in [0.5, 0.6) is 0 Å². The van der Waals surface area contributed by atoms with Crippen molar-refractivity contribution in [3.63, 3.8) is 0 Å². The highest BCUT2D eigenvalue weighted by Gasteiger charge is 2.29. The number of aliphatic hydroxyl groups is 1. The number of carboxylic acid groups (broad SMARTS) is 3. The minimum absolute atomic E-state index is 1.21. The van der Waals surface area contributed by atoms with E-state index in [0.29, 0.717) is 0 Å². The summed E-state index contributed by atoms with van der Waals surface area (Å²) in [5, 5.41) is 38.9. The highest BCUT2D eigenvalue weighted by Crippen LogP contribution is 2.13. The Morgan fingerprint density at radius 3 is 0.730 bits per heavy atom. The first-order chi connectivity index (χ1) is 16.8. The van der Waals surface area contributed by atoms with E-state index in [9.17, 15) is 29.7 Å². The zero-order valence-electron chi connectivity index (χ0n) is 26.0. The van der Waals surface area contributed by atoms with Crippen LogP contribution < -0.4 is 15.3 Å². The number of carbonyl (C=O) groups excluding carboxylic acids is 3. The molecule has 1 N–H and O–H groups in total. The van der Waals surface area contributed by atoms with Crippen molar-refractivity contribution >= 4 is 17.9 Å². The normalized spacial score (nSPS) is 11.6. The number of rotatable bonds is 14. The number of carboxylic acids is 3. The van der Waals surface area contributed by atoms with E-state index in [0.717, 1.165) is 0 Å². The van der Waals surface area contributed by atoms with Gasteiger partial charge in [0.05, 0.1) is 86.0 Å². The lowest BCUT2D eigenvalue weighted by molar-refractivity contribution is -0.904. The fraction of sp³-hybridized carbons (Fsp3) is 0.889. The second-order valence-electron chi connectivity index (χ2n) is 10.1. The number of quaternary nitrogens is 3. The van der Waals surface area contributed by atoms with Gasteiger partial charge >= 0.3 is 0 Å². The number of hydrogen-bond acceptors (Lipinski definition) is 7. The second-order valence-corrected chi connectivity index (χ2v) is 10.1. The van der Waals surface area contributed by atoms with E-state index in [2.05, 4.69) is 83.5 Å². The van der Waals surface area contributed by atoms with Crippen LogP contribution >= 0.6 is 0 Å². The molecule has 37 heavy (non-hydrogen) atoms. The molecule has 0 aromatic carbocycles. The SMILES string of the molecule is CC[N+](C)(CC)CC.CC[N+](C)(CC)CC.CC[N+](C)(CC)CC.O=C([O-])CC(O)(CC(=O)[O-])C(=O)[O-]. The number of aliphatic carboxylic acids is 3. The van der Waals surface area contributed by atoms with Crippen molar-refractivity contribution < 1.29 is 48.3 Å². The van der Waals surface area contributed by atoms with Gasteiger partial charge in [0.15, 0.2) is 0 Å². The Hall–Kier alpha value is -1.75. The molecule has 0 aliphatic heterocycles. The molecule has 0 fully saturated rings. The summed E-state index contributed by atoms with van der Waals surface area (Å²) in [7, 11) is 6.88. The number of nitrogens with zero attached hydrogens (tertiary/aromatic N) is 3. The van der Waals surface area contributed by atoms with Crippen molar-refractivity contribution in [1.82, 2.24) is 0 Å². The maximum absolute atomic E-state index is 10.1. The molecule has 0 saturated heterocycles. The molecule has 0 radical (unpaired) electrons. The first-order valence-electron chi connectivity index (χ1n) is 13.7. The fourth-order valence-corrected chi connectivity index (χ4v) is 2.70. The molecule has 0 atom stereocenters. The second kappa shape index (κ2) is 21.2. The van der Waals surface area contributed by atoms with Crippen molar-refractivity contribution in [2.45, 2.75) is 80.8 Å². The summed E-state index contributed by atoms with van der Waals surface area (Å²) in [6, 6.07) is 0. The first kappa shape index (κ1) is 42.3. The maximum Gasteiger partial charge on any atom is 0.114 e. The topological polar surface area (TPSA) is 141 Å². The van der Waals surface area contributed by atoms with Gasteiger partial charge in [0.25, 0.3) is 0 Å². The summed E-state index contributed by atoms with van der Waals surface area (Å²) in [6.45, 7) is 31.5. The van der Waals surface area contributed by atoms with Crippen LogP contribution in [0, 0.1) is 0 Å². The highest BCUT2D eigenvalue weighted by molar-refractivity contribution is 5.86. The van der Waals surface area contributed by atoms with Gasteiger partial charge < -0.3 is 48.3 Å². The van der Waals surface area contributed by atoms with E-state index in [1.807, 2.05) is 0 Å². The fourth-order valence-electron chi connectivity index (χ4n) is 2.70. The van der Waals surface area contributed by atoms with Crippen LogP contribution in [0.25, 0.3) is 0 Å². The van der Waals surface area contributed by atoms with Gasteiger partial charge in [-0.2, -0.15) is 0 Å². The molecule has 0 aromatic rings. The van der Waals surface area contributed by atoms with Gasteiger partial charge in [0.1, 0.15) is 5.60 Å². The van der Waals surface area contributed by atoms with Crippen molar-refractivity contribution in [3.05, 3.63) is 0 Å². The smallest absolute Gasteiger partial charge is 0.114 e. The van der Waals surface area contributed by atoms with Gasteiger partial charge in [-0.1, -0.05) is 0 Å². The highest BCUT2D eigenvalue weighted by atomic mass is 16.4. The predicted octanol–water partition coefficient (Wildman–Crippen LogP) is -0.774. The summed E-state index contributed by atoms with van der Waals surface area (Å²) in [5.41, 5.74) is -2.97. The summed E-state index contributed by atoms with van der Waals surface area (Å²) < 4.78 is 3.63. The van der Waals surface area contributed by atoms with Crippen LogP contribution in [-0.4, -0.2) is 122 Å². The lowest BCUT2D eigenvalue weighted by Gasteiger charge is -2.30. The van der Waals surface area contributed by atoms with Crippen molar-refractivity contribution in [2.24, 2.45) is 0 Å². The van der Waals surface area contributed by atoms with Gasteiger partial charge in [-0.15, -0.1) is 0 Å². The molecular formula is C27H59N3O7. The molecule has 10 nitrogen and oxygen atoms in total. The number of hydrogen-bond donors (Lipinski definition) is 1.